The normalized spacial score (nSPS) is 13.8. The highest BCUT2D eigenvalue weighted by molar-refractivity contribution is 5.47. The zero-order valence-corrected chi connectivity index (χ0v) is 12.3. The van der Waals surface area contributed by atoms with E-state index in [-0.39, 0.29) is 5.82 Å². The predicted octanol–water partition coefficient (Wildman–Crippen LogP) is 3.46. The Balaban J connectivity index is 1.65. The summed E-state index contributed by atoms with van der Waals surface area (Å²) in [6.07, 6.45) is 7.07. The molecule has 0 atom stereocenters. The first-order chi connectivity index (χ1) is 10.2. The third-order valence-corrected chi connectivity index (χ3v) is 4.12. The van der Waals surface area contributed by atoms with Crippen molar-refractivity contribution in [1.29, 1.82) is 0 Å². The number of hydrogen-bond donors (Lipinski definition) is 1. The summed E-state index contributed by atoms with van der Waals surface area (Å²) in [5, 5.41) is 3.42. The molecule has 110 valence electrons. The lowest BCUT2D eigenvalue weighted by Gasteiger charge is -2.18. The fourth-order valence-corrected chi connectivity index (χ4v) is 2.93. The van der Waals surface area contributed by atoms with Crippen molar-refractivity contribution in [1.82, 2.24) is 9.97 Å². The molecular weight excluding hydrogens is 265 g/mol. The fourth-order valence-electron chi connectivity index (χ4n) is 2.93. The highest BCUT2D eigenvalue weighted by Crippen LogP contribution is 2.24. The van der Waals surface area contributed by atoms with E-state index in [0.29, 0.717) is 0 Å². The van der Waals surface area contributed by atoms with Crippen LogP contribution in [0.4, 0.5) is 10.2 Å². The number of hydrogen-bond acceptors (Lipinski definition) is 3. The molecule has 0 bridgehead atoms. The maximum Gasteiger partial charge on any atom is 0.132 e. The van der Waals surface area contributed by atoms with Gasteiger partial charge in [-0.05, 0) is 62.3 Å². The number of rotatable bonds is 4. The Morgan fingerprint density at radius 2 is 2.05 bits per heavy atom. The molecule has 1 N–H and O–H groups in total. The van der Waals surface area contributed by atoms with Crippen molar-refractivity contribution < 1.29 is 4.39 Å². The third-order valence-electron chi connectivity index (χ3n) is 4.12. The molecule has 4 heteroatoms. The minimum atomic E-state index is -0.172. The molecule has 0 aliphatic heterocycles. The number of nitrogens with one attached hydrogen (secondary N) is 1. The predicted molar refractivity (Wildman–Crippen MR) is 82.0 cm³/mol. The smallest absolute Gasteiger partial charge is 0.132 e. The van der Waals surface area contributed by atoms with Gasteiger partial charge >= 0.3 is 0 Å². The zero-order valence-electron chi connectivity index (χ0n) is 12.3. The molecule has 0 fully saturated rings. The summed E-state index contributed by atoms with van der Waals surface area (Å²) in [5.74, 6) is 0.800. The van der Waals surface area contributed by atoms with Crippen LogP contribution in [0.25, 0.3) is 0 Å². The number of fused-ring (bicyclic) bond motifs is 1. The topological polar surface area (TPSA) is 37.8 Å². The average molecular weight is 285 g/mol. The van der Waals surface area contributed by atoms with Crippen molar-refractivity contribution >= 4 is 5.82 Å². The zero-order chi connectivity index (χ0) is 14.7. The Bertz CT molecular complexity index is 640. The van der Waals surface area contributed by atoms with Crippen molar-refractivity contribution in [2.75, 3.05) is 11.9 Å². The number of nitrogens with zero attached hydrogens (tertiary/aromatic N) is 2. The molecule has 3 nitrogen and oxygen atoms in total. The summed E-state index contributed by atoms with van der Waals surface area (Å²) in [6, 6.07) is 4.97. The van der Waals surface area contributed by atoms with Gasteiger partial charge in [0.15, 0.2) is 0 Å². The van der Waals surface area contributed by atoms with E-state index >= 15 is 0 Å². The summed E-state index contributed by atoms with van der Waals surface area (Å²) in [6.45, 7) is 2.75. The Hall–Kier alpha value is -1.97. The van der Waals surface area contributed by atoms with Gasteiger partial charge in [0.1, 0.15) is 18.0 Å². The number of aryl methyl sites for hydroxylation is 2. The van der Waals surface area contributed by atoms with Gasteiger partial charge in [-0.25, -0.2) is 14.4 Å². The SMILES string of the molecule is Cc1cc(F)ccc1CCNc1ncnc2c1CCCC2. The summed E-state index contributed by atoms with van der Waals surface area (Å²) >= 11 is 0. The summed E-state index contributed by atoms with van der Waals surface area (Å²) in [7, 11) is 0. The number of anilines is 1. The van der Waals surface area contributed by atoms with E-state index in [9.17, 15) is 4.39 Å². The fraction of sp³-hybridized carbons (Fsp3) is 0.412. The van der Waals surface area contributed by atoms with Gasteiger partial charge < -0.3 is 5.32 Å². The largest absolute Gasteiger partial charge is 0.369 e. The van der Waals surface area contributed by atoms with Crippen molar-refractivity contribution in [2.45, 2.75) is 39.0 Å². The lowest BCUT2D eigenvalue weighted by molar-refractivity contribution is 0.625. The molecule has 1 heterocycles. The quantitative estimate of drug-likeness (QED) is 0.935. The average Bonchev–Trinajstić information content (AvgIpc) is 2.50. The van der Waals surface area contributed by atoms with Crippen LogP contribution in [0, 0.1) is 12.7 Å². The Morgan fingerprint density at radius 1 is 1.19 bits per heavy atom. The lowest BCUT2D eigenvalue weighted by Crippen LogP contribution is -2.14. The van der Waals surface area contributed by atoms with E-state index < -0.39 is 0 Å². The molecule has 0 unspecified atom stereocenters. The van der Waals surface area contributed by atoms with E-state index in [2.05, 4.69) is 15.3 Å². The minimum Gasteiger partial charge on any atom is -0.369 e. The van der Waals surface area contributed by atoms with Crippen LogP contribution < -0.4 is 5.32 Å². The van der Waals surface area contributed by atoms with Crippen LogP contribution in [0.2, 0.25) is 0 Å². The van der Waals surface area contributed by atoms with E-state index in [1.807, 2.05) is 13.0 Å². The second-order valence-corrected chi connectivity index (χ2v) is 5.60. The Kier molecular flexibility index (Phi) is 4.13. The summed E-state index contributed by atoms with van der Waals surface area (Å²) in [5.41, 5.74) is 4.64. The first-order valence-corrected chi connectivity index (χ1v) is 7.55. The van der Waals surface area contributed by atoms with Crippen molar-refractivity contribution in [3.63, 3.8) is 0 Å². The molecule has 0 saturated heterocycles. The molecule has 1 aromatic heterocycles. The number of benzene rings is 1. The van der Waals surface area contributed by atoms with Crippen LogP contribution in [0.3, 0.4) is 0 Å². The van der Waals surface area contributed by atoms with Gasteiger partial charge in [-0.15, -0.1) is 0 Å². The molecule has 21 heavy (non-hydrogen) atoms. The molecule has 2 aromatic rings. The van der Waals surface area contributed by atoms with Crippen molar-refractivity contribution in [3.8, 4) is 0 Å². The van der Waals surface area contributed by atoms with Crippen LogP contribution in [0.1, 0.15) is 35.2 Å². The highest BCUT2D eigenvalue weighted by atomic mass is 19.1. The first-order valence-electron chi connectivity index (χ1n) is 7.55. The second kappa shape index (κ2) is 6.20. The molecule has 1 aliphatic carbocycles. The first kappa shape index (κ1) is 14.0. The van der Waals surface area contributed by atoms with Gasteiger partial charge in [-0.2, -0.15) is 0 Å². The third kappa shape index (κ3) is 3.20. The van der Waals surface area contributed by atoms with Gasteiger partial charge in [0.25, 0.3) is 0 Å². The van der Waals surface area contributed by atoms with Gasteiger partial charge in [0.05, 0.1) is 0 Å². The van der Waals surface area contributed by atoms with Crippen molar-refractivity contribution in [3.05, 3.63) is 52.7 Å². The van der Waals surface area contributed by atoms with Crippen LogP contribution in [0.5, 0.6) is 0 Å². The van der Waals surface area contributed by atoms with Gasteiger partial charge in [-0.1, -0.05) is 6.07 Å². The monoisotopic (exact) mass is 285 g/mol. The number of halogens is 1. The van der Waals surface area contributed by atoms with Crippen LogP contribution in [-0.2, 0) is 19.3 Å². The van der Waals surface area contributed by atoms with Crippen LogP contribution in [0.15, 0.2) is 24.5 Å². The van der Waals surface area contributed by atoms with Crippen LogP contribution in [-0.4, -0.2) is 16.5 Å². The molecule has 0 saturated carbocycles. The summed E-state index contributed by atoms with van der Waals surface area (Å²) in [4.78, 5) is 8.75. The Labute approximate surface area is 124 Å². The summed E-state index contributed by atoms with van der Waals surface area (Å²) < 4.78 is 13.1. The maximum atomic E-state index is 13.1. The molecule has 3 rings (SSSR count). The highest BCUT2D eigenvalue weighted by Gasteiger charge is 2.15. The standard InChI is InChI=1S/C17H20FN3/c1-12-10-14(18)7-6-13(12)8-9-19-17-15-4-2-3-5-16(15)20-11-21-17/h6-7,10-11H,2-5,8-9H2,1H3,(H,19,20,21). The molecule has 1 aliphatic rings. The number of aromatic nitrogens is 2. The second-order valence-electron chi connectivity index (χ2n) is 5.60. The van der Waals surface area contributed by atoms with Gasteiger partial charge in [0.2, 0.25) is 0 Å². The van der Waals surface area contributed by atoms with E-state index in [0.717, 1.165) is 37.2 Å². The van der Waals surface area contributed by atoms with E-state index in [1.54, 1.807) is 12.4 Å². The molecule has 0 amide bonds. The van der Waals surface area contributed by atoms with Crippen LogP contribution >= 0.6 is 0 Å². The molecule has 1 aromatic carbocycles. The Morgan fingerprint density at radius 3 is 2.90 bits per heavy atom. The van der Waals surface area contributed by atoms with Gasteiger partial charge in [-0.3, -0.25) is 0 Å². The minimum absolute atomic E-state index is 0.172. The van der Waals surface area contributed by atoms with Gasteiger partial charge in [0, 0.05) is 17.8 Å². The van der Waals surface area contributed by atoms with Crippen molar-refractivity contribution in [2.24, 2.45) is 0 Å². The van der Waals surface area contributed by atoms with E-state index in [4.69, 9.17) is 0 Å². The lowest BCUT2D eigenvalue weighted by atomic mass is 9.96. The van der Waals surface area contributed by atoms with E-state index in [1.165, 1.54) is 35.7 Å². The molecule has 0 radical (unpaired) electrons. The molecule has 0 spiro atoms. The maximum absolute atomic E-state index is 13.1. The molecular formula is C17H20FN3.